The van der Waals surface area contributed by atoms with Gasteiger partial charge in [-0.15, -0.1) is 0 Å². The predicted molar refractivity (Wildman–Crippen MR) is 85.0 cm³/mol. The van der Waals surface area contributed by atoms with E-state index in [9.17, 15) is 0 Å². The van der Waals surface area contributed by atoms with Gasteiger partial charge in [-0.3, -0.25) is 0 Å². The molecule has 0 amide bonds. The molecule has 2 aromatic rings. The Morgan fingerprint density at radius 1 is 0.611 bits per heavy atom. The van der Waals surface area contributed by atoms with Crippen LogP contribution < -0.4 is 10.4 Å². The van der Waals surface area contributed by atoms with Gasteiger partial charge in [0, 0.05) is 0 Å². The maximum Gasteiger partial charge on any atom is 0.0821 e. The molecule has 0 saturated carbocycles. The van der Waals surface area contributed by atoms with E-state index in [0.717, 1.165) is 0 Å². The van der Waals surface area contributed by atoms with Crippen LogP contribution in [0, 0.1) is 0 Å². The standard InChI is InChI=1S/C16H20Si2/c1-17(15-9-5-3-6-10-15)13-14-18(2)16-11-7-4-8-12-16/h3-12H,13-14H2,1-2H3. The molecule has 0 unspecified atom stereocenters. The summed E-state index contributed by atoms with van der Waals surface area (Å²) in [5.41, 5.74) is 0. The quantitative estimate of drug-likeness (QED) is 0.731. The highest BCUT2D eigenvalue weighted by molar-refractivity contribution is 6.77. The van der Waals surface area contributed by atoms with Gasteiger partial charge in [0.05, 0.1) is 17.6 Å². The third kappa shape index (κ3) is 3.68. The Kier molecular flexibility index (Phi) is 4.96. The van der Waals surface area contributed by atoms with Crippen LogP contribution in [0.3, 0.4) is 0 Å². The molecule has 0 fully saturated rings. The lowest BCUT2D eigenvalue weighted by molar-refractivity contribution is 1.37. The predicted octanol–water partition coefficient (Wildman–Crippen LogP) is 3.05. The van der Waals surface area contributed by atoms with E-state index >= 15 is 0 Å². The molecule has 2 rings (SSSR count). The third-order valence-electron chi connectivity index (χ3n) is 3.41. The average Bonchev–Trinajstić information content (AvgIpc) is 2.46. The maximum absolute atomic E-state index is 2.44. The van der Waals surface area contributed by atoms with Crippen molar-refractivity contribution in [2.75, 3.05) is 0 Å². The Labute approximate surface area is 114 Å². The highest BCUT2D eigenvalue weighted by Crippen LogP contribution is 2.04. The van der Waals surface area contributed by atoms with Crippen LogP contribution in [0.5, 0.6) is 0 Å². The van der Waals surface area contributed by atoms with E-state index in [4.69, 9.17) is 0 Å². The summed E-state index contributed by atoms with van der Waals surface area (Å²) in [5, 5.41) is 3.15. The summed E-state index contributed by atoms with van der Waals surface area (Å²) in [4.78, 5) is 0. The lowest BCUT2D eigenvalue weighted by Gasteiger charge is -2.13. The van der Waals surface area contributed by atoms with Crippen LogP contribution in [-0.2, 0) is 0 Å². The largest absolute Gasteiger partial charge is 0.0821 e. The molecule has 0 spiro atoms. The Bertz CT molecular complexity index is 408. The molecule has 0 N–H and O–H groups in total. The minimum absolute atomic E-state index is 0.344. The van der Waals surface area contributed by atoms with Crippen LogP contribution in [0.25, 0.3) is 0 Å². The van der Waals surface area contributed by atoms with Gasteiger partial charge >= 0.3 is 0 Å². The zero-order valence-electron chi connectivity index (χ0n) is 11.2. The van der Waals surface area contributed by atoms with E-state index in [2.05, 4.69) is 73.8 Å². The van der Waals surface area contributed by atoms with Crippen molar-refractivity contribution >= 4 is 28.0 Å². The Balaban J connectivity index is 1.89. The van der Waals surface area contributed by atoms with Gasteiger partial charge in [-0.05, 0) is 0 Å². The number of hydrogen-bond acceptors (Lipinski definition) is 0. The first-order valence-electron chi connectivity index (χ1n) is 6.53. The van der Waals surface area contributed by atoms with Crippen molar-refractivity contribution in [3.63, 3.8) is 0 Å². The molecule has 0 bridgehead atoms. The summed E-state index contributed by atoms with van der Waals surface area (Å²) in [6.07, 6.45) is 0. The molecule has 0 aliphatic rings. The highest BCUT2D eigenvalue weighted by Gasteiger charge is 2.12. The lowest BCUT2D eigenvalue weighted by Crippen LogP contribution is -2.31. The van der Waals surface area contributed by atoms with Gasteiger partial charge in [0.25, 0.3) is 0 Å². The SMILES string of the molecule is C[Si](CC[Si](C)c1ccccc1)c1ccccc1. The van der Waals surface area contributed by atoms with E-state index in [0.29, 0.717) is 0 Å². The molecular formula is C16H20Si2. The molecule has 18 heavy (non-hydrogen) atoms. The zero-order valence-corrected chi connectivity index (χ0v) is 13.2. The van der Waals surface area contributed by atoms with Crippen LogP contribution in [0.2, 0.25) is 25.2 Å². The first-order valence-corrected chi connectivity index (χ1v) is 10.9. The normalized spacial score (nSPS) is 11.1. The van der Waals surface area contributed by atoms with E-state index in [1.807, 2.05) is 0 Å². The van der Waals surface area contributed by atoms with E-state index < -0.39 is 0 Å². The molecule has 2 heteroatoms. The van der Waals surface area contributed by atoms with Gasteiger partial charge in [0.2, 0.25) is 0 Å². The number of rotatable bonds is 5. The summed E-state index contributed by atoms with van der Waals surface area (Å²) in [5.74, 6) is 0. The fourth-order valence-electron chi connectivity index (χ4n) is 2.11. The third-order valence-corrected chi connectivity index (χ3v) is 8.55. The van der Waals surface area contributed by atoms with Gasteiger partial charge in [-0.25, -0.2) is 0 Å². The second-order valence-corrected chi connectivity index (χ2v) is 10.1. The number of hydrogen-bond donors (Lipinski definition) is 0. The summed E-state index contributed by atoms with van der Waals surface area (Å²) in [6, 6.07) is 24.8. The first kappa shape index (κ1) is 13.3. The van der Waals surface area contributed by atoms with Crippen LogP contribution >= 0.6 is 0 Å². The summed E-state index contributed by atoms with van der Waals surface area (Å²) >= 11 is 0. The van der Waals surface area contributed by atoms with E-state index in [1.54, 1.807) is 10.4 Å². The van der Waals surface area contributed by atoms with Gasteiger partial charge in [-0.2, -0.15) is 0 Å². The molecule has 0 heterocycles. The average molecular weight is 269 g/mol. The zero-order chi connectivity index (χ0) is 12.8. The topological polar surface area (TPSA) is 0 Å². The van der Waals surface area contributed by atoms with Crippen molar-refractivity contribution in [2.24, 2.45) is 0 Å². The Morgan fingerprint density at radius 2 is 0.944 bits per heavy atom. The van der Waals surface area contributed by atoms with Crippen LogP contribution in [-0.4, -0.2) is 17.6 Å². The van der Waals surface area contributed by atoms with E-state index in [-0.39, 0.29) is 17.6 Å². The Hall–Kier alpha value is -1.13. The summed E-state index contributed by atoms with van der Waals surface area (Å²) in [6.45, 7) is 4.89. The van der Waals surface area contributed by atoms with Gasteiger partial charge < -0.3 is 0 Å². The second-order valence-electron chi connectivity index (χ2n) is 4.79. The molecule has 0 aliphatic heterocycles. The molecule has 2 aromatic carbocycles. The molecule has 0 aromatic heterocycles. The van der Waals surface area contributed by atoms with Gasteiger partial charge in [0.1, 0.15) is 0 Å². The molecule has 2 radical (unpaired) electrons. The molecular weight excluding hydrogens is 248 g/mol. The monoisotopic (exact) mass is 268 g/mol. The molecule has 0 saturated heterocycles. The minimum atomic E-state index is -0.344. The molecule has 0 nitrogen and oxygen atoms in total. The number of benzene rings is 2. The smallest absolute Gasteiger partial charge is 0.0669 e. The van der Waals surface area contributed by atoms with Crippen molar-refractivity contribution in [3.8, 4) is 0 Å². The summed E-state index contributed by atoms with van der Waals surface area (Å²) < 4.78 is 0. The Morgan fingerprint density at radius 3 is 1.28 bits per heavy atom. The molecule has 0 aliphatic carbocycles. The van der Waals surface area contributed by atoms with Crippen molar-refractivity contribution in [1.82, 2.24) is 0 Å². The van der Waals surface area contributed by atoms with Crippen molar-refractivity contribution < 1.29 is 0 Å². The van der Waals surface area contributed by atoms with Crippen molar-refractivity contribution in [1.29, 1.82) is 0 Å². The molecule has 92 valence electrons. The second kappa shape index (κ2) is 6.71. The van der Waals surface area contributed by atoms with Crippen LogP contribution in [0.4, 0.5) is 0 Å². The van der Waals surface area contributed by atoms with E-state index in [1.165, 1.54) is 12.1 Å². The van der Waals surface area contributed by atoms with Gasteiger partial charge in [0.15, 0.2) is 0 Å². The summed E-state index contributed by atoms with van der Waals surface area (Å²) in [7, 11) is -0.688. The maximum atomic E-state index is 2.44. The first-order chi connectivity index (χ1) is 8.77. The fourth-order valence-corrected chi connectivity index (χ4v) is 7.21. The molecule has 0 atom stereocenters. The lowest BCUT2D eigenvalue weighted by atomic mass is 10.4. The highest BCUT2D eigenvalue weighted by atomic mass is 28.3. The van der Waals surface area contributed by atoms with Crippen molar-refractivity contribution in [3.05, 3.63) is 60.7 Å². The fraction of sp³-hybridized carbons (Fsp3) is 0.250. The minimum Gasteiger partial charge on any atom is -0.0669 e. The van der Waals surface area contributed by atoms with Crippen molar-refractivity contribution in [2.45, 2.75) is 25.2 Å². The van der Waals surface area contributed by atoms with Crippen LogP contribution in [0.1, 0.15) is 0 Å². The van der Waals surface area contributed by atoms with Crippen LogP contribution in [0.15, 0.2) is 60.7 Å². The van der Waals surface area contributed by atoms with Gasteiger partial charge in [-0.1, -0.05) is 96.2 Å².